The van der Waals surface area contributed by atoms with Crippen LogP contribution in [0.25, 0.3) is 0 Å². The summed E-state index contributed by atoms with van der Waals surface area (Å²) < 4.78 is 49.3. The smallest absolute Gasteiger partial charge is 0.416 e. The molecule has 1 amide bonds. The summed E-state index contributed by atoms with van der Waals surface area (Å²) in [5.74, 6) is -0.201. The molecule has 1 unspecified atom stereocenters. The average Bonchev–Trinajstić information content (AvgIpc) is 2.53. The first-order valence-electron chi connectivity index (χ1n) is 7.22. The summed E-state index contributed by atoms with van der Waals surface area (Å²) in [5, 5.41) is 5.64. The van der Waals surface area contributed by atoms with E-state index in [2.05, 4.69) is 10.6 Å². The van der Waals surface area contributed by atoms with Crippen molar-refractivity contribution in [2.45, 2.75) is 25.2 Å². The number of carbonyl (C=O) groups is 1. The van der Waals surface area contributed by atoms with E-state index in [1.54, 1.807) is 0 Å². The van der Waals surface area contributed by atoms with Gasteiger partial charge in [0, 0.05) is 25.6 Å². The predicted molar refractivity (Wildman–Crippen MR) is 84.3 cm³/mol. The summed E-state index contributed by atoms with van der Waals surface area (Å²) in [7, 11) is 1.30. The zero-order valence-corrected chi connectivity index (χ0v) is 13.9. The fourth-order valence-corrected chi connectivity index (χ4v) is 2.34. The Labute approximate surface area is 144 Å². The molecule has 9 heteroatoms. The minimum Gasteiger partial charge on any atom is -0.497 e. The second-order valence-electron chi connectivity index (χ2n) is 5.23. The molecule has 0 spiro atoms. The van der Waals surface area contributed by atoms with Gasteiger partial charge >= 0.3 is 6.18 Å². The molecule has 5 nitrogen and oxygen atoms in total. The maximum absolute atomic E-state index is 13.1. The van der Waals surface area contributed by atoms with E-state index in [1.807, 2.05) is 0 Å². The van der Waals surface area contributed by atoms with Gasteiger partial charge in [-0.05, 0) is 17.7 Å². The van der Waals surface area contributed by atoms with Crippen LogP contribution in [0.2, 0.25) is 0 Å². The molecule has 2 rings (SSSR count). The fourth-order valence-electron chi connectivity index (χ4n) is 2.34. The van der Waals surface area contributed by atoms with Gasteiger partial charge in [-0.2, -0.15) is 13.2 Å². The Morgan fingerprint density at radius 1 is 1.46 bits per heavy atom. The van der Waals surface area contributed by atoms with Gasteiger partial charge in [0.2, 0.25) is 5.91 Å². The third kappa shape index (κ3) is 5.85. The maximum atomic E-state index is 13.1. The van der Waals surface area contributed by atoms with Crippen molar-refractivity contribution in [3.63, 3.8) is 0 Å². The van der Waals surface area contributed by atoms with Gasteiger partial charge in [0.1, 0.15) is 5.75 Å². The van der Waals surface area contributed by atoms with Crippen molar-refractivity contribution in [2.24, 2.45) is 0 Å². The van der Waals surface area contributed by atoms with Crippen molar-refractivity contribution < 1.29 is 27.4 Å². The highest BCUT2D eigenvalue weighted by Crippen LogP contribution is 2.34. The van der Waals surface area contributed by atoms with Gasteiger partial charge in [0.15, 0.2) is 0 Å². The first-order chi connectivity index (χ1) is 10.9. The van der Waals surface area contributed by atoms with E-state index in [9.17, 15) is 18.0 Å². The highest BCUT2D eigenvalue weighted by atomic mass is 35.5. The van der Waals surface area contributed by atoms with Crippen LogP contribution in [-0.2, 0) is 22.3 Å². The molecule has 1 aromatic carbocycles. The lowest BCUT2D eigenvalue weighted by molar-refractivity contribution is -0.138. The van der Waals surface area contributed by atoms with Crippen molar-refractivity contribution in [1.29, 1.82) is 0 Å². The Bertz CT molecular complexity index is 549. The van der Waals surface area contributed by atoms with Crippen molar-refractivity contribution in [2.75, 3.05) is 26.9 Å². The number of hydrogen-bond donors (Lipinski definition) is 2. The Hall–Kier alpha value is -1.51. The Balaban J connectivity index is 0.00000288. The molecule has 136 valence electrons. The second-order valence-corrected chi connectivity index (χ2v) is 5.23. The summed E-state index contributed by atoms with van der Waals surface area (Å²) in [4.78, 5) is 11.9. The Kier molecular flexibility index (Phi) is 7.78. The normalized spacial score (nSPS) is 17.8. The molecular formula is C15H20ClF3N2O3. The number of benzene rings is 1. The van der Waals surface area contributed by atoms with E-state index >= 15 is 0 Å². The standard InChI is InChI=1S/C15H19F3N2O3.ClH/c1-22-12-3-2-10(13(7-12)15(16,17)18)8-20-14(21)6-11-9-23-5-4-19-11;/h2-3,7,11,19H,4-6,8-9H2,1H3,(H,20,21);1H. The molecule has 24 heavy (non-hydrogen) atoms. The lowest BCUT2D eigenvalue weighted by Gasteiger charge is -2.23. The summed E-state index contributed by atoms with van der Waals surface area (Å²) in [6, 6.07) is 3.57. The lowest BCUT2D eigenvalue weighted by Crippen LogP contribution is -2.44. The number of methoxy groups -OCH3 is 1. The topological polar surface area (TPSA) is 59.6 Å². The van der Waals surface area contributed by atoms with E-state index < -0.39 is 11.7 Å². The molecule has 0 aliphatic carbocycles. The molecule has 1 saturated heterocycles. The number of hydrogen-bond acceptors (Lipinski definition) is 4. The van der Waals surface area contributed by atoms with Crippen LogP contribution < -0.4 is 15.4 Å². The molecule has 2 N–H and O–H groups in total. The maximum Gasteiger partial charge on any atom is 0.416 e. The van der Waals surface area contributed by atoms with Crippen molar-refractivity contribution in [1.82, 2.24) is 10.6 Å². The van der Waals surface area contributed by atoms with Crippen molar-refractivity contribution >= 4 is 18.3 Å². The van der Waals surface area contributed by atoms with E-state index in [-0.39, 0.29) is 48.6 Å². The SMILES string of the molecule is COc1ccc(CNC(=O)CC2COCCN2)c(C(F)(F)F)c1.Cl. The number of rotatable bonds is 5. The molecule has 0 bridgehead atoms. The summed E-state index contributed by atoms with van der Waals surface area (Å²) in [6.45, 7) is 1.49. The minimum atomic E-state index is -4.51. The van der Waals surface area contributed by atoms with Crippen LogP contribution in [0.1, 0.15) is 17.5 Å². The third-order valence-electron chi connectivity index (χ3n) is 3.53. The van der Waals surface area contributed by atoms with Crippen molar-refractivity contribution in [3.8, 4) is 5.75 Å². The largest absolute Gasteiger partial charge is 0.497 e. The van der Waals surface area contributed by atoms with Crippen LogP contribution in [0.15, 0.2) is 18.2 Å². The van der Waals surface area contributed by atoms with Crippen LogP contribution in [0, 0.1) is 0 Å². The molecule has 1 aliphatic heterocycles. The second kappa shape index (κ2) is 9.10. The van der Waals surface area contributed by atoms with Gasteiger partial charge in [-0.15, -0.1) is 12.4 Å². The zero-order chi connectivity index (χ0) is 16.9. The number of amides is 1. The number of halogens is 4. The molecule has 0 saturated carbocycles. The average molecular weight is 369 g/mol. The molecule has 1 aromatic rings. The Morgan fingerprint density at radius 3 is 2.79 bits per heavy atom. The first kappa shape index (κ1) is 20.5. The first-order valence-corrected chi connectivity index (χ1v) is 7.22. The van der Waals surface area contributed by atoms with Crippen LogP contribution in [0.5, 0.6) is 5.75 Å². The molecular weight excluding hydrogens is 349 g/mol. The van der Waals surface area contributed by atoms with Gasteiger partial charge < -0.3 is 20.1 Å². The number of alkyl halides is 3. The molecule has 1 aliphatic rings. The van der Waals surface area contributed by atoms with Gasteiger partial charge in [-0.1, -0.05) is 6.07 Å². The quantitative estimate of drug-likeness (QED) is 0.836. The van der Waals surface area contributed by atoms with Crippen LogP contribution in [0.4, 0.5) is 13.2 Å². The van der Waals surface area contributed by atoms with E-state index in [0.29, 0.717) is 19.8 Å². The zero-order valence-electron chi connectivity index (χ0n) is 13.1. The summed E-state index contributed by atoms with van der Waals surface area (Å²) in [6.07, 6.45) is -4.34. The number of morpholine rings is 1. The van der Waals surface area contributed by atoms with Crippen LogP contribution >= 0.6 is 12.4 Å². The monoisotopic (exact) mass is 368 g/mol. The number of ether oxygens (including phenoxy) is 2. The van der Waals surface area contributed by atoms with Crippen molar-refractivity contribution in [3.05, 3.63) is 29.3 Å². The van der Waals surface area contributed by atoms with E-state index in [4.69, 9.17) is 9.47 Å². The fraction of sp³-hybridized carbons (Fsp3) is 0.533. The Morgan fingerprint density at radius 2 is 2.21 bits per heavy atom. The van der Waals surface area contributed by atoms with Gasteiger partial charge in [0.05, 0.1) is 25.9 Å². The third-order valence-corrected chi connectivity index (χ3v) is 3.53. The number of nitrogens with one attached hydrogen (secondary N) is 2. The number of carbonyl (C=O) groups excluding carboxylic acids is 1. The van der Waals surface area contributed by atoms with Gasteiger partial charge in [-0.3, -0.25) is 4.79 Å². The molecule has 1 atom stereocenters. The van der Waals surface area contributed by atoms with E-state index in [0.717, 1.165) is 6.07 Å². The highest BCUT2D eigenvalue weighted by molar-refractivity contribution is 5.85. The summed E-state index contributed by atoms with van der Waals surface area (Å²) >= 11 is 0. The lowest BCUT2D eigenvalue weighted by atomic mass is 10.1. The summed E-state index contributed by atoms with van der Waals surface area (Å²) in [5.41, 5.74) is -0.809. The predicted octanol–water partition coefficient (Wildman–Crippen LogP) is 2.13. The molecule has 0 radical (unpaired) electrons. The minimum absolute atomic E-state index is 0. The van der Waals surface area contributed by atoms with E-state index in [1.165, 1.54) is 19.2 Å². The van der Waals surface area contributed by atoms with Gasteiger partial charge in [-0.25, -0.2) is 0 Å². The highest BCUT2D eigenvalue weighted by Gasteiger charge is 2.33. The molecule has 1 fully saturated rings. The molecule has 1 heterocycles. The van der Waals surface area contributed by atoms with Crippen LogP contribution in [-0.4, -0.2) is 38.8 Å². The van der Waals surface area contributed by atoms with Crippen LogP contribution in [0.3, 0.4) is 0 Å². The molecule has 0 aromatic heterocycles. The van der Waals surface area contributed by atoms with Gasteiger partial charge in [0.25, 0.3) is 0 Å².